The molecule has 0 spiro atoms. The molecule has 1 atom stereocenters. The summed E-state index contributed by atoms with van der Waals surface area (Å²) >= 11 is 0. The van der Waals surface area contributed by atoms with Crippen LogP contribution in [0, 0.1) is 0 Å². The summed E-state index contributed by atoms with van der Waals surface area (Å²) in [6, 6.07) is 8.74. The molecule has 1 unspecified atom stereocenters. The maximum absolute atomic E-state index is 11.9. The zero-order valence-corrected chi connectivity index (χ0v) is 11.4. The maximum Gasteiger partial charge on any atom is 0.328 e. The fraction of sp³-hybridized carbons (Fsp3) is 0.125. The number of rotatable bonds is 5. The highest BCUT2D eigenvalue weighted by molar-refractivity contribution is 5.94. The van der Waals surface area contributed by atoms with Crippen LogP contribution in [0.3, 0.4) is 0 Å². The van der Waals surface area contributed by atoms with Crippen molar-refractivity contribution in [1.29, 1.82) is 0 Å². The molecule has 0 radical (unpaired) electrons. The van der Waals surface area contributed by atoms with Crippen LogP contribution in [0.5, 0.6) is 0 Å². The van der Waals surface area contributed by atoms with Gasteiger partial charge in [-0.25, -0.2) is 4.79 Å². The highest BCUT2D eigenvalue weighted by Crippen LogP contribution is 2.15. The minimum Gasteiger partial charge on any atom is -0.478 e. The van der Waals surface area contributed by atoms with Gasteiger partial charge in [0.2, 0.25) is 0 Å². The summed E-state index contributed by atoms with van der Waals surface area (Å²) in [5, 5.41) is 11.4. The number of nitrogens with one attached hydrogen (secondary N) is 1. The summed E-state index contributed by atoms with van der Waals surface area (Å²) < 4.78 is 4.87. The smallest absolute Gasteiger partial charge is 0.328 e. The van der Waals surface area contributed by atoms with Crippen molar-refractivity contribution in [3.8, 4) is 0 Å². The van der Waals surface area contributed by atoms with Gasteiger partial charge in [-0.3, -0.25) is 4.79 Å². The molecule has 0 aliphatic heterocycles. The minimum atomic E-state index is -0.986. The number of furan rings is 1. The van der Waals surface area contributed by atoms with Crippen molar-refractivity contribution in [2.75, 3.05) is 0 Å². The number of carboxylic acid groups (broad SMARTS) is 1. The summed E-state index contributed by atoms with van der Waals surface area (Å²) in [7, 11) is 0. The van der Waals surface area contributed by atoms with E-state index in [1.807, 2.05) is 19.1 Å². The lowest BCUT2D eigenvalue weighted by Crippen LogP contribution is -2.26. The molecule has 0 aliphatic rings. The van der Waals surface area contributed by atoms with Crippen LogP contribution in [0.2, 0.25) is 0 Å². The first-order chi connectivity index (χ1) is 10.1. The molecular formula is C16H15NO4. The van der Waals surface area contributed by atoms with Crippen LogP contribution in [0.4, 0.5) is 0 Å². The van der Waals surface area contributed by atoms with Crippen molar-refractivity contribution in [2.45, 2.75) is 13.0 Å². The first kappa shape index (κ1) is 14.6. The lowest BCUT2D eigenvalue weighted by molar-refractivity contribution is -0.131. The third-order valence-electron chi connectivity index (χ3n) is 2.99. The van der Waals surface area contributed by atoms with Gasteiger partial charge in [0.1, 0.15) is 6.26 Å². The van der Waals surface area contributed by atoms with Crippen LogP contribution in [0.15, 0.2) is 53.4 Å². The molecule has 5 heteroatoms. The zero-order valence-electron chi connectivity index (χ0n) is 11.4. The first-order valence-corrected chi connectivity index (χ1v) is 6.40. The second-order valence-corrected chi connectivity index (χ2v) is 4.55. The van der Waals surface area contributed by atoms with Gasteiger partial charge in [-0.05, 0) is 30.2 Å². The lowest BCUT2D eigenvalue weighted by atomic mass is 10.1. The van der Waals surface area contributed by atoms with Crippen LogP contribution in [0.1, 0.15) is 34.5 Å². The fourth-order valence-electron chi connectivity index (χ4n) is 1.82. The number of hydrogen-bond acceptors (Lipinski definition) is 3. The molecule has 1 amide bonds. The number of aliphatic carboxylic acids is 1. The van der Waals surface area contributed by atoms with Gasteiger partial charge in [-0.15, -0.1) is 0 Å². The Hall–Kier alpha value is -2.82. The highest BCUT2D eigenvalue weighted by atomic mass is 16.4. The summed E-state index contributed by atoms with van der Waals surface area (Å²) in [5.74, 6) is -1.19. The van der Waals surface area contributed by atoms with Crippen molar-refractivity contribution in [3.05, 3.63) is 65.6 Å². The average Bonchev–Trinajstić information content (AvgIpc) is 3.00. The van der Waals surface area contributed by atoms with Crippen molar-refractivity contribution < 1.29 is 19.1 Å². The fourth-order valence-corrected chi connectivity index (χ4v) is 1.82. The predicted octanol–water partition coefficient (Wildman–Crippen LogP) is 2.87. The molecule has 1 aromatic carbocycles. The van der Waals surface area contributed by atoms with E-state index in [0.717, 1.165) is 17.2 Å². The number of hydrogen-bond donors (Lipinski definition) is 2. The summed E-state index contributed by atoms with van der Waals surface area (Å²) in [4.78, 5) is 22.3. The highest BCUT2D eigenvalue weighted by Gasteiger charge is 2.12. The molecular weight excluding hydrogens is 270 g/mol. The van der Waals surface area contributed by atoms with Crippen LogP contribution in [-0.4, -0.2) is 17.0 Å². The summed E-state index contributed by atoms with van der Waals surface area (Å²) in [6.07, 6.45) is 5.44. The van der Waals surface area contributed by atoms with Crippen LogP contribution >= 0.6 is 0 Å². The molecule has 2 aromatic rings. The van der Waals surface area contributed by atoms with Crippen molar-refractivity contribution in [3.63, 3.8) is 0 Å². The van der Waals surface area contributed by atoms with Crippen LogP contribution in [0.25, 0.3) is 6.08 Å². The molecule has 0 fully saturated rings. The molecule has 5 nitrogen and oxygen atoms in total. The lowest BCUT2D eigenvalue weighted by Gasteiger charge is -2.13. The first-order valence-electron chi connectivity index (χ1n) is 6.40. The van der Waals surface area contributed by atoms with Crippen molar-refractivity contribution in [2.24, 2.45) is 0 Å². The number of carbonyl (C=O) groups is 2. The van der Waals surface area contributed by atoms with E-state index in [4.69, 9.17) is 9.52 Å². The van der Waals surface area contributed by atoms with Crippen molar-refractivity contribution in [1.82, 2.24) is 5.32 Å². The van der Waals surface area contributed by atoms with Gasteiger partial charge >= 0.3 is 5.97 Å². The van der Waals surface area contributed by atoms with Gasteiger partial charge in [0.05, 0.1) is 17.9 Å². The number of benzene rings is 1. The van der Waals surface area contributed by atoms with Crippen molar-refractivity contribution >= 4 is 18.0 Å². The normalized spacial score (nSPS) is 12.2. The Labute approximate surface area is 121 Å². The van der Waals surface area contributed by atoms with E-state index in [0.29, 0.717) is 5.56 Å². The van der Waals surface area contributed by atoms with Crippen LogP contribution < -0.4 is 5.32 Å². The molecule has 0 bridgehead atoms. The largest absolute Gasteiger partial charge is 0.478 e. The topological polar surface area (TPSA) is 79.5 Å². The van der Waals surface area contributed by atoms with E-state index in [1.54, 1.807) is 18.2 Å². The Bertz CT molecular complexity index is 641. The Morgan fingerprint density at radius 3 is 2.52 bits per heavy atom. The molecule has 0 saturated carbocycles. The van der Waals surface area contributed by atoms with Gasteiger partial charge in [0, 0.05) is 6.08 Å². The molecule has 1 aromatic heterocycles. The van der Waals surface area contributed by atoms with E-state index in [2.05, 4.69) is 5.32 Å². The maximum atomic E-state index is 11.9. The Morgan fingerprint density at radius 2 is 1.95 bits per heavy atom. The van der Waals surface area contributed by atoms with Gasteiger partial charge in [0.15, 0.2) is 0 Å². The van der Waals surface area contributed by atoms with Crippen LogP contribution in [-0.2, 0) is 4.79 Å². The molecule has 0 saturated heterocycles. The quantitative estimate of drug-likeness (QED) is 0.828. The molecule has 21 heavy (non-hydrogen) atoms. The molecule has 2 rings (SSSR count). The van der Waals surface area contributed by atoms with E-state index < -0.39 is 5.97 Å². The molecule has 1 heterocycles. The summed E-state index contributed by atoms with van der Waals surface area (Å²) in [6.45, 7) is 1.88. The SMILES string of the molecule is CC(NC(=O)c1ccoc1)c1ccc(C=CC(=O)O)cc1. The Morgan fingerprint density at radius 1 is 1.24 bits per heavy atom. The Kier molecular flexibility index (Phi) is 4.56. The average molecular weight is 285 g/mol. The molecule has 0 aliphatic carbocycles. The van der Waals surface area contributed by atoms with E-state index in [-0.39, 0.29) is 11.9 Å². The Balaban J connectivity index is 2.01. The monoisotopic (exact) mass is 285 g/mol. The standard InChI is InChI=1S/C16H15NO4/c1-11(17-16(20)14-8-9-21-10-14)13-5-2-12(3-6-13)4-7-15(18)19/h2-11H,1H3,(H,17,20)(H,18,19). The van der Waals surface area contributed by atoms with Gasteiger partial charge in [-0.1, -0.05) is 24.3 Å². The summed E-state index contributed by atoms with van der Waals surface area (Å²) in [5.41, 5.74) is 2.19. The molecule has 2 N–H and O–H groups in total. The number of carboxylic acids is 1. The third-order valence-corrected chi connectivity index (χ3v) is 2.99. The van der Waals surface area contributed by atoms with Gasteiger partial charge < -0.3 is 14.8 Å². The molecule has 108 valence electrons. The number of carbonyl (C=O) groups excluding carboxylic acids is 1. The second kappa shape index (κ2) is 6.56. The second-order valence-electron chi connectivity index (χ2n) is 4.55. The minimum absolute atomic E-state index is 0.162. The van der Waals surface area contributed by atoms with E-state index >= 15 is 0 Å². The number of amides is 1. The third kappa shape index (κ3) is 4.07. The van der Waals surface area contributed by atoms with Gasteiger partial charge in [0.25, 0.3) is 5.91 Å². The predicted molar refractivity (Wildman–Crippen MR) is 77.7 cm³/mol. The zero-order chi connectivity index (χ0) is 15.2. The van der Waals surface area contributed by atoms with E-state index in [1.165, 1.54) is 18.6 Å². The van der Waals surface area contributed by atoms with E-state index in [9.17, 15) is 9.59 Å². The van der Waals surface area contributed by atoms with Gasteiger partial charge in [-0.2, -0.15) is 0 Å².